The van der Waals surface area contributed by atoms with Crippen molar-refractivity contribution in [1.82, 2.24) is 0 Å². The third-order valence-electron chi connectivity index (χ3n) is 6.21. The van der Waals surface area contributed by atoms with Gasteiger partial charge in [-0.05, 0) is 24.8 Å². The van der Waals surface area contributed by atoms with E-state index >= 15 is 0 Å². The van der Waals surface area contributed by atoms with Gasteiger partial charge in [-0.2, -0.15) is 0 Å². The molecule has 0 aliphatic heterocycles. The lowest BCUT2D eigenvalue weighted by atomic mass is 10.0. The van der Waals surface area contributed by atoms with Crippen molar-refractivity contribution in [2.45, 2.75) is 130 Å². The molecule has 0 bridgehead atoms. The van der Waals surface area contributed by atoms with E-state index in [4.69, 9.17) is 0 Å². The molecule has 2 rings (SSSR count). The minimum absolute atomic E-state index is 1.17. The van der Waals surface area contributed by atoms with Crippen molar-refractivity contribution in [3.8, 4) is 0 Å². The van der Waals surface area contributed by atoms with Crippen LogP contribution < -0.4 is 4.57 Å². The van der Waals surface area contributed by atoms with E-state index in [1.54, 1.807) is 0 Å². The minimum atomic E-state index is 1.17. The van der Waals surface area contributed by atoms with E-state index in [-0.39, 0.29) is 0 Å². The standard InChI is InChI=1S/C18H30.C13H22N/c1-2-3-4-5-6-7-8-9-10-12-15-18-16-13-11-14-17-18;1-2-3-4-5-6-8-11-14-12-9-7-10-13-14/h11,13-14,16-17H,2-10,12,15H2,1H3;7,9-10,12-13H,2-6,8,11H2,1H3/q;+1. The molecule has 0 fully saturated rings. The summed E-state index contributed by atoms with van der Waals surface area (Å²) in [6.45, 7) is 5.72. The van der Waals surface area contributed by atoms with Gasteiger partial charge in [-0.15, -0.1) is 0 Å². The van der Waals surface area contributed by atoms with Crippen LogP contribution in [0.3, 0.4) is 0 Å². The van der Waals surface area contributed by atoms with Crippen molar-refractivity contribution in [2.75, 3.05) is 0 Å². The second-order valence-corrected chi connectivity index (χ2v) is 9.30. The summed E-state index contributed by atoms with van der Waals surface area (Å²) in [6, 6.07) is 17.1. The zero-order valence-corrected chi connectivity index (χ0v) is 21.4. The highest BCUT2D eigenvalue weighted by Crippen LogP contribution is 2.12. The third kappa shape index (κ3) is 18.0. The number of pyridine rings is 1. The monoisotopic (exact) mass is 438 g/mol. The van der Waals surface area contributed by atoms with Gasteiger partial charge in [0.1, 0.15) is 6.54 Å². The van der Waals surface area contributed by atoms with E-state index in [2.05, 4.69) is 79.3 Å². The van der Waals surface area contributed by atoms with Gasteiger partial charge in [0, 0.05) is 18.6 Å². The van der Waals surface area contributed by atoms with Crippen molar-refractivity contribution in [3.05, 3.63) is 66.5 Å². The average Bonchev–Trinajstić information content (AvgIpc) is 2.84. The van der Waals surface area contributed by atoms with Crippen LogP contribution in [0.15, 0.2) is 60.9 Å². The second-order valence-electron chi connectivity index (χ2n) is 9.30. The predicted molar refractivity (Wildman–Crippen MR) is 142 cm³/mol. The fraction of sp³-hybridized carbons (Fsp3) is 0.645. The molecule has 0 spiro atoms. The highest BCUT2D eigenvalue weighted by molar-refractivity contribution is 5.14. The van der Waals surface area contributed by atoms with E-state index in [9.17, 15) is 0 Å². The lowest BCUT2D eigenvalue weighted by Crippen LogP contribution is -2.32. The fourth-order valence-electron chi connectivity index (χ4n) is 4.12. The van der Waals surface area contributed by atoms with Crippen LogP contribution in [-0.2, 0) is 13.0 Å². The molecule has 1 nitrogen and oxygen atoms in total. The van der Waals surface area contributed by atoms with Gasteiger partial charge < -0.3 is 0 Å². The van der Waals surface area contributed by atoms with Crippen LogP contribution in [0.25, 0.3) is 0 Å². The minimum Gasteiger partial charge on any atom is -0.205 e. The Labute approximate surface area is 200 Å². The van der Waals surface area contributed by atoms with Crippen molar-refractivity contribution in [1.29, 1.82) is 0 Å². The van der Waals surface area contributed by atoms with Gasteiger partial charge in [0.2, 0.25) is 0 Å². The Morgan fingerprint density at radius 2 is 0.906 bits per heavy atom. The quantitative estimate of drug-likeness (QED) is 0.161. The number of hydrogen-bond donors (Lipinski definition) is 0. The predicted octanol–water partition coefficient (Wildman–Crippen LogP) is 9.48. The van der Waals surface area contributed by atoms with Crippen LogP contribution in [0.1, 0.15) is 122 Å². The topological polar surface area (TPSA) is 3.88 Å². The Bertz CT molecular complexity index is 592. The highest BCUT2D eigenvalue weighted by Gasteiger charge is 1.97. The van der Waals surface area contributed by atoms with Crippen molar-refractivity contribution in [2.24, 2.45) is 0 Å². The van der Waals surface area contributed by atoms with Crippen LogP contribution in [0, 0.1) is 0 Å². The van der Waals surface area contributed by atoms with Crippen LogP contribution in [0.2, 0.25) is 0 Å². The molecule has 0 atom stereocenters. The summed E-state index contributed by atoms with van der Waals surface area (Å²) in [7, 11) is 0. The van der Waals surface area contributed by atoms with Gasteiger partial charge in [0.15, 0.2) is 12.4 Å². The maximum atomic E-state index is 2.28. The summed E-state index contributed by atoms with van der Waals surface area (Å²) in [5, 5.41) is 0. The van der Waals surface area contributed by atoms with Gasteiger partial charge in [0.05, 0.1) is 0 Å². The molecule has 0 aliphatic carbocycles. The van der Waals surface area contributed by atoms with Crippen molar-refractivity contribution >= 4 is 0 Å². The Morgan fingerprint density at radius 3 is 1.44 bits per heavy atom. The lowest BCUT2D eigenvalue weighted by Gasteiger charge is -2.03. The number of benzene rings is 1. The molecule has 0 radical (unpaired) electrons. The Balaban J connectivity index is 0.000000330. The van der Waals surface area contributed by atoms with E-state index in [0.29, 0.717) is 0 Å². The highest BCUT2D eigenvalue weighted by atomic mass is 14.9. The van der Waals surface area contributed by atoms with Crippen LogP contribution >= 0.6 is 0 Å². The smallest absolute Gasteiger partial charge is 0.168 e. The molecule has 0 aliphatic rings. The normalized spacial score (nSPS) is 10.6. The molecule has 1 aromatic carbocycles. The lowest BCUT2D eigenvalue weighted by molar-refractivity contribution is -0.697. The second kappa shape index (κ2) is 22.6. The molecular formula is C31H52N+. The molecule has 0 saturated carbocycles. The molecule has 0 unspecified atom stereocenters. The number of unbranched alkanes of at least 4 members (excludes halogenated alkanes) is 14. The Hall–Kier alpha value is -1.63. The molecule has 0 amide bonds. The number of rotatable bonds is 18. The first-order chi connectivity index (χ1) is 15.9. The summed E-state index contributed by atoms with van der Waals surface area (Å²) in [5.74, 6) is 0. The first-order valence-corrected chi connectivity index (χ1v) is 13.8. The molecule has 0 saturated heterocycles. The zero-order valence-electron chi connectivity index (χ0n) is 21.4. The maximum Gasteiger partial charge on any atom is 0.168 e. The Kier molecular flexibility index (Phi) is 20.0. The first kappa shape index (κ1) is 28.4. The number of aromatic nitrogens is 1. The van der Waals surface area contributed by atoms with E-state index in [1.165, 1.54) is 121 Å². The van der Waals surface area contributed by atoms with Gasteiger partial charge in [-0.1, -0.05) is 134 Å². The first-order valence-electron chi connectivity index (χ1n) is 13.8. The van der Waals surface area contributed by atoms with Gasteiger partial charge in [-0.25, -0.2) is 4.57 Å². The third-order valence-corrected chi connectivity index (χ3v) is 6.21. The molecule has 1 heteroatoms. The molecule has 1 aromatic heterocycles. The SMILES string of the molecule is CCCCCCCCCCCCc1ccccc1.CCCCCCCC[n+]1ccccc1. The van der Waals surface area contributed by atoms with Gasteiger partial charge >= 0.3 is 0 Å². The van der Waals surface area contributed by atoms with E-state index in [0.717, 1.165) is 0 Å². The van der Waals surface area contributed by atoms with Crippen molar-refractivity contribution in [3.63, 3.8) is 0 Å². The maximum absolute atomic E-state index is 2.28. The summed E-state index contributed by atoms with van der Waals surface area (Å²) in [5.41, 5.74) is 1.50. The van der Waals surface area contributed by atoms with E-state index < -0.39 is 0 Å². The average molecular weight is 439 g/mol. The van der Waals surface area contributed by atoms with Crippen LogP contribution in [0.4, 0.5) is 0 Å². The molecular weight excluding hydrogens is 386 g/mol. The fourth-order valence-corrected chi connectivity index (χ4v) is 4.12. The molecule has 2 aromatic rings. The largest absolute Gasteiger partial charge is 0.205 e. The molecule has 180 valence electrons. The zero-order chi connectivity index (χ0) is 23.0. The summed E-state index contributed by atoms with van der Waals surface area (Å²) >= 11 is 0. The summed E-state index contributed by atoms with van der Waals surface area (Å²) in [6.07, 6.45) is 28.1. The summed E-state index contributed by atoms with van der Waals surface area (Å²) in [4.78, 5) is 0. The number of nitrogens with zero attached hydrogens (tertiary/aromatic N) is 1. The molecule has 1 heterocycles. The van der Waals surface area contributed by atoms with Gasteiger partial charge in [0.25, 0.3) is 0 Å². The van der Waals surface area contributed by atoms with E-state index in [1.807, 2.05) is 0 Å². The van der Waals surface area contributed by atoms with Crippen molar-refractivity contribution < 1.29 is 4.57 Å². The Morgan fingerprint density at radius 1 is 0.469 bits per heavy atom. The molecule has 32 heavy (non-hydrogen) atoms. The number of hydrogen-bond acceptors (Lipinski definition) is 0. The van der Waals surface area contributed by atoms with Crippen LogP contribution in [0.5, 0.6) is 0 Å². The van der Waals surface area contributed by atoms with Crippen LogP contribution in [-0.4, -0.2) is 0 Å². The molecule has 0 N–H and O–H groups in total. The number of aryl methyl sites for hydroxylation is 2. The summed E-state index contributed by atoms with van der Waals surface area (Å²) < 4.78 is 2.26. The van der Waals surface area contributed by atoms with Gasteiger partial charge in [-0.3, -0.25) is 0 Å².